The van der Waals surface area contributed by atoms with E-state index < -0.39 is 5.97 Å². The Hall–Kier alpha value is -3.59. The summed E-state index contributed by atoms with van der Waals surface area (Å²) in [5.41, 5.74) is 1.91. The number of amidine groups is 1. The predicted octanol–water partition coefficient (Wildman–Crippen LogP) is 2.87. The van der Waals surface area contributed by atoms with Crippen LogP contribution in [-0.2, 0) is 11.8 Å². The number of carbonyl (C=O) groups is 2. The van der Waals surface area contributed by atoms with Gasteiger partial charge in [0.05, 0.1) is 21.6 Å². The van der Waals surface area contributed by atoms with Gasteiger partial charge in [0.2, 0.25) is 0 Å². The number of nitrogens with zero attached hydrogens (tertiary/aromatic N) is 3. The average Bonchev–Trinajstić information content (AvgIpc) is 3.15. The molecule has 1 aliphatic rings. The maximum atomic E-state index is 12.3. The van der Waals surface area contributed by atoms with Gasteiger partial charge in [-0.15, -0.1) is 0 Å². The second-order valence-corrected chi connectivity index (χ2v) is 7.04. The molecule has 1 aliphatic heterocycles. The van der Waals surface area contributed by atoms with E-state index in [1.54, 1.807) is 6.08 Å². The molecule has 0 bridgehead atoms. The lowest BCUT2D eigenvalue weighted by molar-refractivity contribution is -0.115. The fourth-order valence-electron chi connectivity index (χ4n) is 2.78. The fourth-order valence-corrected chi connectivity index (χ4v) is 3.59. The number of aryl methyl sites for hydroxylation is 1. The van der Waals surface area contributed by atoms with Crippen molar-refractivity contribution in [3.63, 3.8) is 0 Å². The van der Waals surface area contributed by atoms with Gasteiger partial charge >= 0.3 is 5.97 Å². The summed E-state index contributed by atoms with van der Waals surface area (Å²) in [5.74, 6) is -1.28. The monoisotopic (exact) mass is 394 g/mol. The molecule has 9 heteroatoms. The number of phenols is 1. The molecule has 1 amide bonds. The largest absolute Gasteiger partial charge is 0.507 e. The highest BCUT2D eigenvalue weighted by atomic mass is 32.2. The highest BCUT2D eigenvalue weighted by molar-refractivity contribution is 8.18. The number of thioether (sulfide) groups is 1. The third kappa shape index (κ3) is 3.23. The Morgan fingerprint density at radius 2 is 2.07 bits per heavy atom. The van der Waals surface area contributed by atoms with Gasteiger partial charge in [-0.3, -0.25) is 4.79 Å². The zero-order chi connectivity index (χ0) is 19.8. The van der Waals surface area contributed by atoms with Gasteiger partial charge in [-0.25, -0.2) is 14.8 Å². The number of carboxylic acids is 1. The lowest BCUT2D eigenvalue weighted by Gasteiger charge is -2.01. The summed E-state index contributed by atoms with van der Waals surface area (Å²) < 4.78 is 1.90. The van der Waals surface area contributed by atoms with Crippen LogP contribution < -0.4 is 5.32 Å². The number of hydrogen-bond acceptors (Lipinski definition) is 6. The molecule has 1 fully saturated rings. The van der Waals surface area contributed by atoms with Gasteiger partial charge in [0, 0.05) is 19.2 Å². The molecule has 0 spiro atoms. The number of hydrogen-bond donors (Lipinski definition) is 3. The zero-order valence-electron chi connectivity index (χ0n) is 14.6. The second kappa shape index (κ2) is 6.86. The van der Waals surface area contributed by atoms with Crippen molar-refractivity contribution in [3.8, 4) is 5.75 Å². The van der Waals surface area contributed by atoms with Crippen LogP contribution in [0.2, 0.25) is 0 Å². The number of fused-ring (bicyclic) bond motifs is 1. The van der Waals surface area contributed by atoms with Crippen LogP contribution in [0, 0.1) is 0 Å². The SMILES string of the molecule is Cn1c(/C=C2/SC(=Nc3ccc(C(=O)O)c(O)c3)NC2=O)nc2ccccc21. The van der Waals surface area contributed by atoms with E-state index in [2.05, 4.69) is 15.3 Å². The van der Waals surface area contributed by atoms with Crippen LogP contribution in [-0.4, -0.2) is 36.8 Å². The predicted molar refractivity (Wildman–Crippen MR) is 107 cm³/mol. The third-order valence-electron chi connectivity index (χ3n) is 4.18. The Balaban J connectivity index is 1.62. The topological polar surface area (TPSA) is 117 Å². The van der Waals surface area contributed by atoms with Crippen molar-refractivity contribution in [1.29, 1.82) is 0 Å². The summed E-state index contributed by atoms with van der Waals surface area (Å²) >= 11 is 1.14. The minimum atomic E-state index is -1.23. The highest BCUT2D eigenvalue weighted by Crippen LogP contribution is 2.30. The first-order valence-corrected chi connectivity index (χ1v) is 9.01. The average molecular weight is 394 g/mol. The Labute approximate surface area is 163 Å². The van der Waals surface area contributed by atoms with Crippen LogP contribution in [0.1, 0.15) is 16.2 Å². The van der Waals surface area contributed by atoms with Crippen molar-refractivity contribution in [1.82, 2.24) is 14.9 Å². The Morgan fingerprint density at radius 3 is 2.79 bits per heavy atom. The third-order valence-corrected chi connectivity index (χ3v) is 5.09. The summed E-state index contributed by atoms with van der Waals surface area (Å²) in [4.78, 5) is 32.4. The molecule has 3 aromatic rings. The molecule has 0 aliphatic carbocycles. The van der Waals surface area contributed by atoms with Crippen LogP contribution >= 0.6 is 11.8 Å². The molecule has 2 aromatic carbocycles. The van der Waals surface area contributed by atoms with Gasteiger partial charge in [-0.1, -0.05) is 12.1 Å². The van der Waals surface area contributed by atoms with Gasteiger partial charge in [0.15, 0.2) is 5.17 Å². The van der Waals surface area contributed by atoms with Gasteiger partial charge in [-0.05, 0) is 36.0 Å². The Morgan fingerprint density at radius 1 is 1.29 bits per heavy atom. The number of rotatable bonds is 3. The maximum Gasteiger partial charge on any atom is 0.339 e. The molecule has 0 saturated carbocycles. The second-order valence-electron chi connectivity index (χ2n) is 6.01. The summed E-state index contributed by atoms with van der Waals surface area (Å²) in [5, 5.41) is 21.7. The van der Waals surface area contributed by atoms with Crippen LogP contribution in [0.4, 0.5) is 5.69 Å². The Bertz CT molecular complexity index is 1200. The van der Waals surface area contributed by atoms with Gasteiger partial charge in [0.25, 0.3) is 5.91 Å². The number of aromatic nitrogens is 2. The summed E-state index contributed by atoms with van der Waals surface area (Å²) in [6, 6.07) is 11.6. The minimum absolute atomic E-state index is 0.213. The number of aliphatic imine (C=N–C) groups is 1. The Kier molecular flexibility index (Phi) is 4.36. The van der Waals surface area contributed by atoms with Gasteiger partial charge < -0.3 is 20.1 Å². The lowest BCUT2D eigenvalue weighted by atomic mass is 10.2. The van der Waals surface area contributed by atoms with E-state index in [1.807, 2.05) is 35.9 Å². The molecule has 140 valence electrons. The number of aromatic carboxylic acids is 1. The molecule has 0 radical (unpaired) electrons. The standard InChI is InChI=1S/C19H14N4O4S/c1-23-13-5-3-2-4-12(13)21-16(23)9-15-17(25)22-19(28-15)20-10-6-7-11(18(26)27)14(24)8-10/h2-9,24H,1H3,(H,26,27)(H,20,22,25)/b15-9+. The van der Waals surface area contributed by atoms with E-state index in [0.717, 1.165) is 22.8 Å². The molecule has 28 heavy (non-hydrogen) atoms. The van der Waals surface area contributed by atoms with Gasteiger partial charge in [0.1, 0.15) is 17.1 Å². The van der Waals surface area contributed by atoms with E-state index in [1.165, 1.54) is 18.2 Å². The lowest BCUT2D eigenvalue weighted by Crippen LogP contribution is -2.19. The van der Waals surface area contributed by atoms with E-state index in [-0.39, 0.29) is 17.2 Å². The van der Waals surface area contributed by atoms with E-state index >= 15 is 0 Å². The number of benzene rings is 2. The number of carboxylic acid groups (broad SMARTS) is 1. The van der Waals surface area contributed by atoms with Crippen molar-refractivity contribution >= 4 is 51.6 Å². The summed E-state index contributed by atoms with van der Waals surface area (Å²) in [6.45, 7) is 0. The number of aromatic hydroxyl groups is 1. The van der Waals surface area contributed by atoms with E-state index in [9.17, 15) is 14.7 Å². The summed E-state index contributed by atoms with van der Waals surface area (Å²) in [6.07, 6.45) is 1.69. The van der Waals surface area contributed by atoms with Crippen LogP contribution in [0.25, 0.3) is 17.1 Å². The molecule has 2 heterocycles. The molecule has 0 atom stereocenters. The maximum absolute atomic E-state index is 12.3. The minimum Gasteiger partial charge on any atom is -0.507 e. The van der Waals surface area contributed by atoms with Crippen molar-refractivity contribution < 1.29 is 19.8 Å². The fraction of sp³-hybridized carbons (Fsp3) is 0.0526. The van der Waals surface area contributed by atoms with Crippen LogP contribution in [0.3, 0.4) is 0 Å². The van der Waals surface area contributed by atoms with Crippen molar-refractivity contribution in [2.45, 2.75) is 0 Å². The van der Waals surface area contributed by atoms with Gasteiger partial charge in [-0.2, -0.15) is 0 Å². The smallest absolute Gasteiger partial charge is 0.339 e. The number of amides is 1. The van der Waals surface area contributed by atoms with Crippen molar-refractivity contribution in [2.24, 2.45) is 12.0 Å². The van der Waals surface area contributed by atoms with Crippen LogP contribution in [0.5, 0.6) is 5.75 Å². The normalized spacial score (nSPS) is 16.8. The number of nitrogens with one attached hydrogen (secondary N) is 1. The molecule has 3 N–H and O–H groups in total. The number of imidazole rings is 1. The van der Waals surface area contributed by atoms with E-state index in [0.29, 0.717) is 21.6 Å². The molecule has 1 saturated heterocycles. The molecular weight excluding hydrogens is 380 g/mol. The first kappa shape index (κ1) is 17.8. The first-order chi connectivity index (χ1) is 13.4. The zero-order valence-corrected chi connectivity index (χ0v) is 15.4. The van der Waals surface area contributed by atoms with Crippen molar-refractivity contribution in [3.05, 3.63) is 58.8 Å². The highest BCUT2D eigenvalue weighted by Gasteiger charge is 2.25. The molecular formula is C19H14N4O4S. The first-order valence-electron chi connectivity index (χ1n) is 8.20. The van der Waals surface area contributed by atoms with Crippen LogP contribution in [0.15, 0.2) is 52.4 Å². The molecule has 8 nitrogen and oxygen atoms in total. The van der Waals surface area contributed by atoms with Crippen molar-refractivity contribution in [2.75, 3.05) is 0 Å². The number of para-hydroxylation sites is 2. The molecule has 4 rings (SSSR count). The summed E-state index contributed by atoms with van der Waals surface area (Å²) in [7, 11) is 1.88. The quantitative estimate of drug-likeness (QED) is 0.588. The number of carbonyl (C=O) groups excluding carboxylic acids is 1. The molecule has 1 aromatic heterocycles. The molecule has 0 unspecified atom stereocenters. The van der Waals surface area contributed by atoms with E-state index in [4.69, 9.17) is 5.11 Å².